The van der Waals surface area contributed by atoms with Crippen molar-refractivity contribution in [2.45, 2.75) is 0 Å². The van der Waals surface area contributed by atoms with Crippen molar-refractivity contribution in [3.05, 3.63) is 110 Å². The summed E-state index contributed by atoms with van der Waals surface area (Å²) in [5.74, 6) is 0. The van der Waals surface area contributed by atoms with E-state index in [0.717, 1.165) is 11.1 Å². The molecule has 2 heterocycles. The molecule has 0 bridgehead atoms. The first-order chi connectivity index (χ1) is 16.9. The minimum atomic E-state index is 1.09. The smallest absolute Gasteiger partial charge is 0.0787 e. The fourth-order valence-corrected chi connectivity index (χ4v) is 5.80. The third-order valence-electron chi connectivity index (χ3n) is 7.30. The van der Waals surface area contributed by atoms with Crippen LogP contribution in [0, 0.1) is 0 Å². The first-order valence-electron chi connectivity index (χ1n) is 11.6. The summed E-state index contributed by atoms with van der Waals surface area (Å²) >= 11 is 0. The summed E-state index contributed by atoms with van der Waals surface area (Å²) in [5, 5.41) is 10.1. The molecule has 8 rings (SSSR count). The molecule has 0 aliphatic heterocycles. The Morgan fingerprint density at radius 2 is 1.29 bits per heavy atom. The highest BCUT2D eigenvalue weighted by Gasteiger charge is 2.24. The van der Waals surface area contributed by atoms with Gasteiger partial charge in [-0.1, -0.05) is 60.7 Å². The van der Waals surface area contributed by atoms with E-state index in [2.05, 4.69) is 89.9 Å². The zero-order valence-electron chi connectivity index (χ0n) is 18.3. The fourth-order valence-electron chi connectivity index (χ4n) is 5.80. The summed E-state index contributed by atoms with van der Waals surface area (Å²) in [6.45, 7) is 0. The number of hydrogen-bond donors (Lipinski definition) is 0. The topological polar surface area (TPSA) is 25.8 Å². The van der Waals surface area contributed by atoms with E-state index in [9.17, 15) is 0 Å². The van der Waals surface area contributed by atoms with Crippen LogP contribution in [0.1, 0.15) is 0 Å². The maximum atomic E-state index is 4.77. The van der Waals surface area contributed by atoms with Crippen molar-refractivity contribution in [2.24, 2.45) is 0 Å². The highest BCUT2D eigenvalue weighted by Crippen LogP contribution is 2.50. The van der Waals surface area contributed by atoms with Gasteiger partial charge in [-0.15, -0.1) is 0 Å². The monoisotopic (exact) mass is 430 g/mol. The molecule has 0 saturated carbocycles. The van der Waals surface area contributed by atoms with Crippen molar-refractivity contribution < 1.29 is 0 Å². The van der Waals surface area contributed by atoms with Gasteiger partial charge in [0.2, 0.25) is 0 Å². The van der Waals surface area contributed by atoms with Crippen LogP contribution < -0.4 is 0 Å². The lowest BCUT2D eigenvalue weighted by Crippen LogP contribution is -1.88. The van der Waals surface area contributed by atoms with Crippen molar-refractivity contribution in [1.29, 1.82) is 0 Å². The van der Waals surface area contributed by atoms with E-state index < -0.39 is 0 Å². The standard InChI is InChI=1S/C32H18N2/c1-2-6-23-22(5-1)27(20-11-10-19-12-14-33-18-21(19)15-20)16-29-25-8-3-7-24-26-9-4-13-34-32(26)30(31(24)25)17-28(23)29/h1-18H. The van der Waals surface area contributed by atoms with Gasteiger partial charge >= 0.3 is 0 Å². The lowest BCUT2D eigenvalue weighted by molar-refractivity contribution is 1.35. The van der Waals surface area contributed by atoms with Crippen molar-refractivity contribution >= 4 is 43.1 Å². The minimum Gasteiger partial charge on any atom is -0.264 e. The summed E-state index contributed by atoms with van der Waals surface area (Å²) in [5.41, 5.74) is 7.30. The summed E-state index contributed by atoms with van der Waals surface area (Å²) in [6, 6.07) is 33.1. The quantitative estimate of drug-likeness (QED) is 0.244. The molecule has 156 valence electrons. The Bertz CT molecular complexity index is 1970. The van der Waals surface area contributed by atoms with E-state index in [1.54, 1.807) is 0 Å². The average Bonchev–Trinajstić information content (AvgIpc) is 3.23. The van der Waals surface area contributed by atoms with Gasteiger partial charge in [0.05, 0.1) is 5.69 Å². The molecule has 5 aromatic carbocycles. The molecule has 0 spiro atoms. The number of nitrogens with zero attached hydrogens (tertiary/aromatic N) is 2. The fraction of sp³-hybridized carbons (Fsp3) is 0. The molecule has 0 atom stereocenters. The van der Waals surface area contributed by atoms with Gasteiger partial charge in [0.25, 0.3) is 0 Å². The molecule has 0 unspecified atom stereocenters. The van der Waals surface area contributed by atoms with Gasteiger partial charge in [0.1, 0.15) is 0 Å². The molecule has 0 radical (unpaired) electrons. The molecule has 0 amide bonds. The Kier molecular flexibility index (Phi) is 3.42. The van der Waals surface area contributed by atoms with Gasteiger partial charge in [-0.05, 0) is 84.7 Å². The summed E-state index contributed by atoms with van der Waals surface area (Å²) in [4.78, 5) is 9.12. The molecule has 0 saturated heterocycles. The van der Waals surface area contributed by atoms with Gasteiger partial charge < -0.3 is 0 Å². The maximum absolute atomic E-state index is 4.77. The Labute approximate surface area is 196 Å². The van der Waals surface area contributed by atoms with Gasteiger partial charge in [0, 0.05) is 35.1 Å². The molecule has 1 aliphatic rings. The van der Waals surface area contributed by atoms with E-state index >= 15 is 0 Å². The Morgan fingerprint density at radius 1 is 0.471 bits per heavy atom. The number of fused-ring (bicyclic) bond motifs is 8. The van der Waals surface area contributed by atoms with E-state index in [1.165, 1.54) is 65.5 Å². The Balaban J connectivity index is 1.54. The zero-order chi connectivity index (χ0) is 22.2. The first-order valence-corrected chi connectivity index (χ1v) is 11.6. The van der Waals surface area contributed by atoms with E-state index in [0.29, 0.717) is 0 Å². The third-order valence-corrected chi connectivity index (χ3v) is 7.30. The van der Waals surface area contributed by atoms with Crippen LogP contribution >= 0.6 is 0 Å². The third kappa shape index (κ3) is 2.29. The van der Waals surface area contributed by atoms with Gasteiger partial charge in [-0.25, -0.2) is 0 Å². The van der Waals surface area contributed by atoms with Gasteiger partial charge in [-0.2, -0.15) is 0 Å². The van der Waals surface area contributed by atoms with E-state index in [4.69, 9.17) is 4.98 Å². The number of pyridine rings is 2. The molecular weight excluding hydrogens is 412 g/mol. The molecule has 34 heavy (non-hydrogen) atoms. The molecule has 2 nitrogen and oxygen atoms in total. The highest BCUT2D eigenvalue weighted by molar-refractivity contribution is 6.28. The second-order valence-electron chi connectivity index (χ2n) is 9.05. The molecule has 7 aromatic rings. The maximum Gasteiger partial charge on any atom is 0.0787 e. The summed E-state index contributed by atoms with van der Waals surface area (Å²) in [6.07, 6.45) is 5.70. The predicted octanol–water partition coefficient (Wildman–Crippen LogP) is 8.40. The van der Waals surface area contributed by atoms with Crippen molar-refractivity contribution in [3.8, 4) is 33.5 Å². The molecule has 1 aliphatic carbocycles. The normalized spacial score (nSPS) is 12.1. The number of hydrogen-bond acceptors (Lipinski definition) is 2. The SMILES string of the molecule is c1cnc2c(c1)-c1cccc3c1c-2cc1c2ccccc2c(-c2ccc4ccncc4c2)cc31. The van der Waals surface area contributed by atoms with Crippen LogP contribution in [0.5, 0.6) is 0 Å². The van der Waals surface area contributed by atoms with Crippen molar-refractivity contribution in [2.75, 3.05) is 0 Å². The highest BCUT2D eigenvalue weighted by atomic mass is 14.7. The van der Waals surface area contributed by atoms with Crippen LogP contribution in [0.15, 0.2) is 110 Å². The number of aromatic nitrogens is 2. The lowest BCUT2D eigenvalue weighted by Gasteiger charge is -2.15. The van der Waals surface area contributed by atoms with Crippen LogP contribution in [0.2, 0.25) is 0 Å². The number of benzene rings is 5. The average molecular weight is 431 g/mol. The van der Waals surface area contributed by atoms with Gasteiger partial charge in [-0.3, -0.25) is 9.97 Å². The van der Waals surface area contributed by atoms with Gasteiger partial charge in [0.15, 0.2) is 0 Å². The second kappa shape index (κ2) is 6.49. The van der Waals surface area contributed by atoms with Crippen LogP contribution in [-0.4, -0.2) is 9.97 Å². The number of rotatable bonds is 1. The van der Waals surface area contributed by atoms with Crippen LogP contribution in [0.25, 0.3) is 76.6 Å². The first kappa shape index (κ1) is 17.9. The van der Waals surface area contributed by atoms with Crippen LogP contribution in [0.3, 0.4) is 0 Å². The molecule has 2 aromatic heterocycles. The van der Waals surface area contributed by atoms with Crippen molar-refractivity contribution in [3.63, 3.8) is 0 Å². The van der Waals surface area contributed by atoms with E-state index in [-0.39, 0.29) is 0 Å². The van der Waals surface area contributed by atoms with E-state index in [1.807, 2.05) is 24.7 Å². The lowest BCUT2D eigenvalue weighted by atomic mass is 9.89. The summed E-state index contributed by atoms with van der Waals surface area (Å²) in [7, 11) is 0. The van der Waals surface area contributed by atoms with Crippen molar-refractivity contribution in [1.82, 2.24) is 9.97 Å². The predicted molar refractivity (Wildman–Crippen MR) is 142 cm³/mol. The Morgan fingerprint density at radius 3 is 2.26 bits per heavy atom. The molecule has 0 N–H and O–H groups in total. The van der Waals surface area contributed by atoms with Crippen LogP contribution in [0.4, 0.5) is 0 Å². The van der Waals surface area contributed by atoms with Crippen LogP contribution in [-0.2, 0) is 0 Å². The largest absolute Gasteiger partial charge is 0.264 e. The molecule has 2 heteroatoms. The second-order valence-corrected chi connectivity index (χ2v) is 9.05. The molecule has 0 fully saturated rings. The zero-order valence-corrected chi connectivity index (χ0v) is 18.3. The minimum absolute atomic E-state index is 1.09. The molecular formula is C32H18N2. The summed E-state index contributed by atoms with van der Waals surface area (Å²) < 4.78 is 0. The Hall–Kier alpha value is -4.56.